The Kier molecular flexibility index (Phi) is 7.20. The Labute approximate surface area is 182 Å². The van der Waals surface area contributed by atoms with Crippen LogP contribution in [0.4, 0.5) is 0 Å². The summed E-state index contributed by atoms with van der Waals surface area (Å²) in [7, 11) is 3.20. The lowest BCUT2D eigenvalue weighted by atomic mass is 9.99. The van der Waals surface area contributed by atoms with E-state index in [9.17, 15) is 9.90 Å². The average Bonchev–Trinajstić information content (AvgIpc) is 3.19. The maximum atomic E-state index is 11.5. The monoisotopic (exact) mass is 423 g/mol. The van der Waals surface area contributed by atoms with Crippen molar-refractivity contribution in [3.8, 4) is 11.1 Å². The molecule has 0 spiro atoms. The van der Waals surface area contributed by atoms with E-state index in [1.54, 1.807) is 26.4 Å². The third kappa shape index (κ3) is 4.68. The summed E-state index contributed by atoms with van der Waals surface area (Å²) in [4.78, 5) is 16.2. The zero-order valence-corrected chi connectivity index (χ0v) is 18.5. The molecule has 164 valence electrons. The number of methoxy groups -OCH3 is 2. The van der Waals surface area contributed by atoms with Gasteiger partial charge in [-0.2, -0.15) is 0 Å². The van der Waals surface area contributed by atoms with Crippen molar-refractivity contribution in [3.05, 3.63) is 71.3 Å². The Morgan fingerprint density at radius 2 is 1.74 bits per heavy atom. The Morgan fingerprint density at radius 3 is 2.32 bits per heavy atom. The van der Waals surface area contributed by atoms with Gasteiger partial charge in [-0.05, 0) is 29.2 Å². The summed E-state index contributed by atoms with van der Waals surface area (Å²) in [5.74, 6) is -0.493. The van der Waals surface area contributed by atoms with Gasteiger partial charge in [-0.15, -0.1) is 5.10 Å². The lowest BCUT2D eigenvalue weighted by Crippen LogP contribution is -2.31. The molecule has 31 heavy (non-hydrogen) atoms. The quantitative estimate of drug-likeness (QED) is 0.483. The molecule has 1 N–H and O–H groups in total. The van der Waals surface area contributed by atoms with Gasteiger partial charge in [0.1, 0.15) is 5.82 Å². The number of carboxylic acid groups (broad SMARTS) is 1. The smallest absolute Gasteiger partial charge is 0.336 e. The van der Waals surface area contributed by atoms with Crippen molar-refractivity contribution in [3.63, 3.8) is 0 Å². The van der Waals surface area contributed by atoms with Crippen LogP contribution >= 0.6 is 0 Å². The summed E-state index contributed by atoms with van der Waals surface area (Å²) in [6.07, 6.45) is 2.33. The van der Waals surface area contributed by atoms with E-state index in [-0.39, 0.29) is 5.56 Å². The molecule has 3 aromatic rings. The first-order chi connectivity index (χ1) is 15.0. The van der Waals surface area contributed by atoms with Crippen LogP contribution < -0.4 is 0 Å². The Hall–Kier alpha value is -3.03. The third-order valence-electron chi connectivity index (χ3n) is 5.44. The van der Waals surface area contributed by atoms with Crippen LogP contribution in [0, 0.1) is 0 Å². The number of benzene rings is 2. The van der Waals surface area contributed by atoms with Crippen LogP contribution in [-0.2, 0) is 28.2 Å². The summed E-state index contributed by atoms with van der Waals surface area (Å²) >= 11 is 0. The maximum Gasteiger partial charge on any atom is 0.336 e. The fraction of sp³-hybridized carbons (Fsp3) is 0.375. The van der Waals surface area contributed by atoms with Crippen molar-refractivity contribution in [1.29, 1.82) is 0 Å². The van der Waals surface area contributed by atoms with Gasteiger partial charge in [0, 0.05) is 27.1 Å². The molecule has 0 saturated carbocycles. The van der Waals surface area contributed by atoms with E-state index < -0.39 is 11.8 Å². The fourth-order valence-electron chi connectivity index (χ4n) is 3.67. The lowest BCUT2D eigenvalue weighted by molar-refractivity contribution is -0.222. The van der Waals surface area contributed by atoms with Crippen molar-refractivity contribution in [2.24, 2.45) is 0 Å². The molecule has 0 amide bonds. The number of aromatic nitrogens is 3. The van der Waals surface area contributed by atoms with Crippen LogP contribution in [0.5, 0.6) is 0 Å². The van der Waals surface area contributed by atoms with Crippen LogP contribution in [0.25, 0.3) is 11.1 Å². The summed E-state index contributed by atoms with van der Waals surface area (Å²) in [6, 6.07) is 14.9. The molecule has 0 fully saturated rings. The lowest BCUT2D eigenvalue weighted by Gasteiger charge is -2.26. The molecular weight excluding hydrogens is 394 g/mol. The predicted molar refractivity (Wildman–Crippen MR) is 118 cm³/mol. The molecule has 7 nitrogen and oxygen atoms in total. The number of aromatic carboxylic acids is 1. The summed E-state index contributed by atoms with van der Waals surface area (Å²) in [6.45, 7) is 4.63. The van der Waals surface area contributed by atoms with Crippen molar-refractivity contribution >= 4 is 5.97 Å². The number of ether oxygens (including phenoxy) is 2. The number of aryl methyl sites for hydroxylation is 1. The first-order valence-electron chi connectivity index (χ1n) is 10.4. The number of rotatable bonds is 10. The maximum absolute atomic E-state index is 11.5. The van der Waals surface area contributed by atoms with Gasteiger partial charge in [0.05, 0.1) is 12.1 Å². The molecule has 7 heteroatoms. The van der Waals surface area contributed by atoms with Crippen LogP contribution in [0.1, 0.15) is 54.3 Å². The van der Waals surface area contributed by atoms with E-state index in [0.717, 1.165) is 29.8 Å². The average molecular weight is 424 g/mol. The molecule has 0 radical (unpaired) electrons. The highest BCUT2D eigenvalue weighted by Crippen LogP contribution is 2.28. The standard InChI is InChI=1S/C24H29N3O4/c1-5-9-21-25-23(24(6-2,30-3)31-4)26-27(21)16-17-12-14-18(15-13-17)19-10-7-8-11-20(19)22(28)29/h7-8,10-15H,5-6,9,16H2,1-4H3,(H,28,29). The van der Waals surface area contributed by atoms with Crippen molar-refractivity contribution in [2.45, 2.75) is 45.4 Å². The van der Waals surface area contributed by atoms with Crippen molar-refractivity contribution in [1.82, 2.24) is 14.8 Å². The molecule has 1 aromatic heterocycles. The highest BCUT2D eigenvalue weighted by molar-refractivity contribution is 5.95. The number of hydrogen-bond acceptors (Lipinski definition) is 5. The van der Waals surface area contributed by atoms with Gasteiger partial charge in [0.25, 0.3) is 0 Å². The van der Waals surface area contributed by atoms with Gasteiger partial charge in [-0.1, -0.05) is 56.3 Å². The normalized spacial score (nSPS) is 11.6. The minimum absolute atomic E-state index is 0.288. The highest BCUT2D eigenvalue weighted by atomic mass is 16.7. The second kappa shape index (κ2) is 9.85. The van der Waals surface area contributed by atoms with Crippen molar-refractivity contribution < 1.29 is 19.4 Å². The van der Waals surface area contributed by atoms with E-state index in [0.29, 0.717) is 24.4 Å². The van der Waals surface area contributed by atoms with Crippen LogP contribution in [0.3, 0.4) is 0 Å². The highest BCUT2D eigenvalue weighted by Gasteiger charge is 2.35. The zero-order chi connectivity index (χ0) is 22.4. The fourth-order valence-corrected chi connectivity index (χ4v) is 3.67. The third-order valence-corrected chi connectivity index (χ3v) is 5.44. The summed E-state index contributed by atoms with van der Waals surface area (Å²) in [5.41, 5.74) is 2.89. The zero-order valence-electron chi connectivity index (χ0n) is 18.5. The SMILES string of the molecule is CCCc1nc(C(CC)(OC)OC)nn1Cc1ccc(-c2ccccc2C(=O)O)cc1. The van der Waals surface area contributed by atoms with E-state index in [1.807, 2.05) is 48.0 Å². The van der Waals surface area contributed by atoms with Gasteiger partial charge in [0.15, 0.2) is 0 Å². The molecular formula is C24H29N3O4. The number of carbonyl (C=O) groups is 1. The molecule has 0 aliphatic rings. The minimum Gasteiger partial charge on any atom is -0.478 e. The van der Waals surface area contributed by atoms with E-state index in [2.05, 4.69) is 6.92 Å². The number of carboxylic acids is 1. The molecule has 0 bridgehead atoms. The van der Waals surface area contributed by atoms with Crippen LogP contribution in [0.15, 0.2) is 48.5 Å². The molecule has 0 unspecified atom stereocenters. The van der Waals surface area contributed by atoms with Gasteiger partial charge >= 0.3 is 5.97 Å². The molecule has 0 atom stereocenters. The molecule has 2 aromatic carbocycles. The largest absolute Gasteiger partial charge is 0.478 e. The van der Waals surface area contributed by atoms with Gasteiger partial charge in [-0.25, -0.2) is 14.5 Å². The van der Waals surface area contributed by atoms with Gasteiger partial charge in [-0.3, -0.25) is 0 Å². The Balaban J connectivity index is 1.90. The second-order valence-electron chi connectivity index (χ2n) is 7.32. The molecule has 0 aliphatic heterocycles. The second-order valence-corrected chi connectivity index (χ2v) is 7.32. The first-order valence-corrected chi connectivity index (χ1v) is 10.4. The molecule has 0 aliphatic carbocycles. The summed E-state index contributed by atoms with van der Waals surface area (Å²) < 4.78 is 13.1. The van der Waals surface area contributed by atoms with Crippen molar-refractivity contribution in [2.75, 3.05) is 14.2 Å². The van der Waals surface area contributed by atoms with Crippen LogP contribution in [-0.4, -0.2) is 40.1 Å². The Morgan fingerprint density at radius 1 is 1.06 bits per heavy atom. The van der Waals surface area contributed by atoms with Crippen LogP contribution in [0.2, 0.25) is 0 Å². The topological polar surface area (TPSA) is 86.5 Å². The Bertz CT molecular complexity index is 1020. The van der Waals surface area contributed by atoms with E-state index >= 15 is 0 Å². The number of hydrogen-bond donors (Lipinski definition) is 1. The summed E-state index contributed by atoms with van der Waals surface area (Å²) in [5, 5.41) is 14.2. The number of nitrogens with zero attached hydrogens (tertiary/aromatic N) is 3. The first kappa shape index (κ1) is 22.7. The molecule has 3 rings (SSSR count). The minimum atomic E-state index is -0.960. The van der Waals surface area contributed by atoms with E-state index in [1.165, 1.54) is 0 Å². The molecule has 1 heterocycles. The predicted octanol–water partition coefficient (Wildman–Crippen LogP) is 4.50. The van der Waals surface area contributed by atoms with Gasteiger partial charge < -0.3 is 14.6 Å². The van der Waals surface area contributed by atoms with E-state index in [4.69, 9.17) is 19.6 Å². The van der Waals surface area contributed by atoms with Gasteiger partial charge in [0.2, 0.25) is 11.6 Å². The molecule has 0 saturated heterocycles.